The number of hydrogen-bond acceptors (Lipinski definition) is 0. The molecule has 0 aromatic rings. The molecule has 0 aliphatic carbocycles. The van der Waals surface area contributed by atoms with Gasteiger partial charge in [0.2, 0.25) is 0 Å². The summed E-state index contributed by atoms with van der Waals surface area (Å²) in [4.78, 5) is 0. The predicted molar refractivity (Wildman–Crippen MR) is 21.1 cm³/mol. The Morgan fingerprint density at radius 2 is 0.400 bits per heavy atom. The van der Waals surface area contributed by atoms with Crippen molar-refractivity contribution < 1.29 is 16.8 Å². The van der Waals surface area contributed by atoms with Gasteiger partial charge < -0.3 is 24.6 Å². The van der Waals surface area contributed by atoms with E-state index >= 15 is 0 Å². The van der Waals surface area contributed by atoms with Crippen LogP contribution in [-0.4, -0.2) is 0 Å². The predicted octanol–water partition coefficient (Wildman–Crippen LogP) is 2.87. The van der Waals surface area contributed by atoms with Crippen molar-refractivity contribution in [2.45, 2.75) is 0 Å². The molecule has 5 heteroatoms. The van der Waals surface area contributed by atoms with Crippen molar-refractivity contribution >= 4 is 0 Å². The van der Waals surface area contributed by atoms with Gasteiger partial charge in [-0.25, -0.2) is 0 Å². The van der Waals surface area contributed by atoms with E-state index in [0.29, 0.717) is 0 Å². The SMILES string of the molecule is [Co].[NH2-].[NH2-].[NH2-].[NH2-]. The summed E-state index contributed by atoms with van der Waals surface area (Å²) in [5, 5.41) is 0. The minimum absolute atomic E-state index is 0. The first-order valence-corrected chi connectivity index (χ1v) is 0. The fraction of sp³-hybridized carbons (Fsp3) is 0. The van der Waals surface area contributed by atoms with E-state index < -0.39 is 0 Å². The van der Waals surface area contributed by atoms with Gasteiger partial charge in [0.05, 0.1) is 0 Å². The molecule has 0 saturated heterocycles. The first kappa shape index (κ1) is 841. The summed E-state index contributed by atoms with van der Waals surface area (Å²) >= 11 is 0. The van der Waals surface area contributed by atoms with Gasteiger partial charge >= 0.3 is 0 Å². The van der Waals surface area contributed by atoms with E-state index in [4.69, 9.17) is 0 Å². The minimum atomic E-state index is 0. The van der Waals surface area contributed by atoms with Crippen LogP contribution in [-0.2, 0) is 16.8 Å². The van der Waals surface area contributed by atoms with Crippen LogP contribution in [0.2, 0.25) is 0 Å². The first-order chi connectivity index (χ1) is 0. The molecule has 0 aliphatic rings. The van der Waals surface area contributed by atoms with Crippen molar-refractivity contribution in [3.8, 4) is 0 Å². The monoisotopic (exact) mass is 123 g/mol. The van der Waals surface area contributed by atoms with Crippen LogP contribution in [0, 0.1) is 0 Å². The Kier molecular flexibility index (Phi) is 68200. The fourth-order valence-corrected chi connectivity index (χ4v) is 0. The van der Waals surface area contributed by atoms with Crippen LogP contribution >= 0.6 is 0 Å². The molecule has 0 aliphatic heterocycles. The standard InChI is InChI=1S/Co.4H2N/h;4*1H2/q;4*-1. The zero-order valence-electron chi connectivity index (χ0n) is 2.64. The van der Waals surface area contributed by atoms with Gasteiger partial charge in [0.25, 0.3) is 0 Å². The molecule has 0 spiro atoms. The Morgan fingerprint density at radius 1 is 0.400 bits per heavy atom. The molecule has 0 aromatic heterocycles. The van der Waals surface area contributed by atoms with Crippen molar-refractivity contribution in [3.05, 3.63) is 24.6 Å². The van der Waals surface area contributed by atoms with Crippen LogP contribution in [0.1, 0.15) is 0 Å². The quantitative estimate of drug-likeness (QED) is 0.468. The van der Waals surface area contributed by atoms with E-state index in [1.807, 2.05) is 0 Å². The Bertz CT molecular complexity index is 3.61. The third-order valence-corrected chi connectivity index (χ3v) is 0. The summed E-state index contributed by atoms with van der Waals surface area (Å²) in [6.45, 7) is 0. The second-order valence-corrected chi connectivity index (χ2v) is 0. The number of rotatable bonds is 0. The summed E-state index contributed by atoms with van der Waals surface area (Å²) < 4.78 is 0. The second-order valence-electron chi connectivity index (χ2n) is 0. The van der Waals surface area contributed by atoms with Gasteiger partial charge in [0.15, 0.2) is 0 Å². The topological polar surface area (TPSA) is 134 Å². The normalized spacial score (nSPS) is 0. The van der Waals surface area contributed by atoms with Crippen LogP contribution in [0.15, 0.2) is 0 Å². The molecular formula is H8CoN4-4. The Morgan fingerprint density at radius 3 is 0.400 bits per heavy atom. The molecule has 0 atom stereocenters. The fourth-order valence-electron chi connectivity index (χ4n) is 0. The van der Waals surface area contributed by atoms with Gasteiger partial charge in [-0.3, -0.25) is 0 Å². The van der Waals surface area contributed by atoms with E-state index in [1.165, 1.54) is 0 Å². The van der Waals surface area contributed by atoms with Crippen molar-refractivity contribution in [2.75, 3.05) is 0 Å². The summed E-state index contributed by atoms with van der Waals surface area (Å²) in [5.74, 6) is 0. The Balaban J connectivity index is 0. The van der Waals surface area contributed by atoms with Crippen LogP contribution in [0.3, 0.4) is 0 Å². The van der Waals surface area contributed by atoms with Crippen molar-refractivity contribution in [3.63, 3.8) is 0 Å². The smallest absolute Gasteiger partial charge is 0 e. The van der Waals surface area contributed by atoms with Crippen LogP contribution < -0.4 is 0 Å². The number of nitrogens with two attached hydrogens (primary N) is 4. The van der Waals surface area contributed by atoms with Gasteiger partial charge in [0, 0.05) is 16.8 Å². The third-order valence-electron chi connectivity index (χ3n) is 0. The average Bonchev–Trinajstić information content (AvgIpc) is 0. The molecule has 0 fully saturated rings. The molecular weight excluding hydrogens is 115 g/mol. The molecule has 0 unspecified atom stereocenters. The Labute approximate surface area is 42.2 Å². The molecule has 0 rings (SSSR count). The molecule has 8 N–H and O–H groups in total. The molecule has 1 radical (unpaired) electrons. The second kappa shape index (κ2) is 405. The minimum Gasteiger partial charge on any atom is -0.693 e. The van der Waals surface area contributed by atoms with Crippen LogP contribution in [0.5, 0.6) is 0 Å². The van der Waals surface area contributed by atoms with Crippen molar-refractivity contribution in [1.82, 2.24) is 0 Å². The maximum atomic E-state index is 0. The van der Waals surface area contributed by atoms with Gasteiger partial charge in [-0.15, -0.1) is 0 Å². The van der Waals surface area contributed by atoms with Gasteiger partial charge in [-0.2, -0.15) is 0 Å². The van der Waals surface area contributed by atoms with Gasteiger partial charge in [0.1, 0.15) is 0 Å². The van der Waals surface area contributed by atoms with E-state index in [2.05, 4.69) is 0 Å². The van der Waals surface area contributed by atoms with E-state index in [1.54, 1.807) is 0 Å². The molecule has 5 heavy (non-hydrogen) atoms. The molecule has 41 valence electrons. The molecule has 0 heterocycles. The van der Waals surface area contributed by atoms with E-state index in [-0.39, 0.29) is 41.4 Å². The van der Waals surface area contributed by atoms with E-state index in [0.717, 1.165) is 0 Å². The first-order valence-electron chi connectivity index (χ1n) is 0. The number of hydrogen-bond donors (Lipinski definition) is 0. The van der Waals surface area contributed by atoms with E-state index in [9.17, 15) is 0 Å². The third kappa shape index (κ3) is 199. The largest absolute Gasteiger partial charge is 0.693 e. The zero-order chi connectivity index (χ0) is 0. The summed E-state index contributed by atoms with van der Waals surface area (Å²) in [7, 11) is 0. The summed E-state index contributed by atoms with van der Waals surface area (Å²) in [6.07, 6.45) is 0. The summed E-state index contributed by atoms with van der Waals surface area (Å²) in [5.41, 5.74) is 0. The Hall–Kier alpha value is 0.346. The molecule has 0 amide bonds. The van der Waals surface area contributed by atoms with Crippen LogP contribution in [0.4, 0.5) is 0 Å². The average molecular weight is 123 g/mol. The summed E-state index contributed by atoms with van der Waals surface area (Å²) in [6, 6.07) is 0. The maximum Gasteiger partial charge on any atom is 0 e. The maximum absolute atomic E-state index is 0. The van der Waals surface area contributed by atoms with Gasteiger partial charge in [-0.05, 0) is 0 Å². The van der Waals surface area contributed by atoms with Crippen LogP contribution in [0.25, 0.3) is 24.6 Å². The molecule has 4 nitrogen and oxygen atoms in total. The zero-order valence-corrected chi connectivity index (χ0v) is 3.68. The molecule has 0 bridgehead atoms. The molecule has 0 saturated carbocycles. The van der Waals surface area contributed by atoms with Crippen molar-refractivity contribution in [2.24, 2.45) is 0 Å². The van der Waals surface area contributed by atoms with Gasteiger partial charge in [-0.1, -0.05) is 0 Å². The molecule has 0 aromatic carbocycles. The van der Waals surface area contributed by atoms with Crippen molar-refractivity contribution in [1.29, 1.82) is 0 Å².